The smallest absolute Gasteiger partial charge is 0.269 e. The summed E-state index contributed by atoms with van der Waals surface area (Å²) >= 11 is 3.31. The molecule has 17 heavy (non-hydrogen) atoms. The third-order valence-corrected chi connectivity index (χ3v) is 2.99. The largest absolute Gasteiger partial charge is 0.373 e. The van der Waals surface area contributed by atoms with Crippen LogP contribution < -0.4 is 4.90 Å². The Balaban J connectivity index is 3.00. The van der Waals surface area contributed by atoms with Crippen LogP contribution in [-0.4, -0.2) is 18.5 Å². The molecule has 5 nitrogen and oxygen atoms in total. The second-order valence-electron chi connectivity index (χ2n) is 3.53. The Labute approximate surface area is 108 Å². The molecular formula is C11H12BrN3O2. The number of non-ortho nitro benzene ring substituents is 1. The lowest BCUT2D eigenvalue weighted by Gasteiger charge is -2.20. The molecule has 90 valence electrons. The van der Waals surface area contributed by atoms with Crippen LogP contribution in [0, 0.1) is 21.4 Å². The number of halogens is 1. The number of benzene rings is 1. The lowest BCUT2D eigenvalue weighted by molar-refractivity contribution is -0.384. The highest BCUT2D eigenvalue weighted by Crippen LogP contribution is 2.26. The van der Waals surface area contributed by atoms with Crippen molar-refractivity contribution in [2.45, 2.75) is 11.8 Å². The van der Waals surface area contributed by atoms with Crippen LogP contribution in [0.25, 0.3) is 0 Å². The third-order valence-electron chi connectivity index (χ3n) is 2.39. The van der Waals surface area contributed by atoms with Crippen LogP contribution in [0.3, 0.4) is 0 Å². The fourth-order valence-corrected chi connectivity index (χ4v) is 1.95. The molecule has 0 N–H and O–H groups in total. The summed E-state index contributed by atoms with van der Waals surface area (Å²) in [5.74, 6) is 0. The number of rotatable bonds is 5. The number of nitro benzene ring substituents is 1. The minimum Gasteiger partial charge on any atom is -0.373 e. The zero-order chi connectivity index (χ0) is 12.8. The summed E-state index contributed by atoms with van der Waals surface area (Å²) in [5, 5.41) is 19.7. The predicted octanol–water partition coefficient (Wildman–Crippen LogP) is 2.84. The highest BCUT2D eigenvalue weighted by molar-refractivity contribution is 9.08. The summed E-state index contributed by atoms with van der Waals surface area (Å²) < 4.78 is 0. The van der Waals surface area contributed by atoms with Crippen LogP contribution >= 0.6 is 15.9 Å². The van der Waals surface area contributed by atoms with Gasteiger partial charge in [-0.05, 0) is 11.6 Å². The monoisotopic (exact) mass is 297 g/mol. The first kappa shape index (κ1) is 13.5. The number of anilines is 1. The van der Waals surface area contributed by atoms with E-state index in [1.165, 1.54) is 6.07 Å². The maximum absolute atomic E-state index is 10.7. The van der Waals surface area contributed by atoms with E-state index in [9.17, 15) is 10.1 Å². The van der Waals surface area contributed by atoms with E-state index in [1.807, 2.05) is 11.9 Å². The first-order valence-electron chi connectivity index (χ1n) is 5.01. The molecule has 0 aliphatic heterocycles. The molecule has 0 saturated heterocycles. The molecule has 0 aliphatic carbocycles. The van der Waals surface area contributed by atoms with Crippen LogP contribution in [0.15, 0.2) is 18.2 Å². The van der Waals surface area contributed by atoms with Gasteiger partial charge in [0, 0.05) is 36.7 Å². The molecule has 0 fully saturated rings. The Bertz CT molecular complexity index is 457. The van der Waals surface area contributed by atoms with Gasteiger partial charge in [0.05, 0.1) is 17.4 Å². The third kappa shape index (κ3) is 3.43. The molecule has 1 aromatic rings. The zero-order valence-electron chi connectivity index (χ0n) is 9.39. The van der Waals surface area contributed by atoms with Gasteiger partial charge in [-0.3, -0.25) is 10.1 Å². The maximum Gasteiger partial charge on any atom is 0.269 e. The molecule has 0 amide bonds. The van der Waals surface area contributed by atoms with E-state index in [2.05, 4.69) is 22.0 Å². The SMILES string of the molecule is CN(CCC#N)c1ccc([N+](=O)[O-])cc1CBr. The van der Waals surface area contributed by atoms with Gasteiger partial charge < -0.3 is 4.90 Å². The minimum absolute atomic E-state index is 0.0804. The van der Waals surface area contributed by atoms with Crippen molar-refractivity contribution in [1.82, 2.24) is 0 Å². The second kappa shape index (κ2) is 6.21. The highest BCUT2D eigenvalue weighted by Gasteiger charge is 2.12. The predicted molar refractivity (Wildman–Crippen MR) is 69.2 cm³/mol. The lowest BCUT2D eigenvalue weighted by atomic mass is 10.1. The van der Waals surface area contributed by atoms with Crippen molar-refractivity contribution in [3.05, 3.63) is 33.9 Å². The number of nitriles is 1. The Morgan fingerprint density at radius 1 is 1.59 bits per heavy atom. The molecule has 0 spiro atoms. The quantitative estimate of drug-likeness (QED) is 0.476. The van der Waals surface area contributed by atoms with Crippen LogP contribution in [-0.2, 0) is 5.33 Å². The van der Waals surface area contributed by atoms with Gasteiger partial charge in [0.1, 0.15) is 0 Å². The molecule has 0 radical (unpaired) electrons. The summed E-state index contributed by atoms with van der Waals surface area (Å²) in [4.78, 5) is 12.2. The molecule has 0 heterocycles. The number of hydrogen-bond acceptors (Lipinski definition) is 4. The second-order valence-corrected chi connectivity index (χ2v) is 4.09. The topological polar surface area (TPSA) is 70.2 Å². The summed E-state index contributed by atoms with van der Waals surface area (Å²) in [6.45, 7) is 0.605. The fourth-order valence-electron chi connectivity index (χ4n) is 1.50. The molecule has 1 rings (SSSR count). The van der Waals surface area contributed by atoms with Gasteiger partial charge in [-0.25, -0.2) is 0 Å². The number of hydrogen-bond donors (Lipinski definition) is 0. The molecule has 0 atom stereocenters. The van der Waals surface area contributed by atoms with Crippen LogP contribution in [0.4, 0.5) is 11.4 Å². The van der Waals surface area contributed by atoms with Crippen molar-refractivity contribution >= 4 is 27.3 Å². The van der Waals surface area contributed by atoms with Crippen LogP contribution in [0.2, 0.25) is 0 Å². The van der Waals surface area contributed by atoms with Gasteiger partial charge in [0.15, 0.2) is 0 Å². The van der Waals surface area contributed by atoms with E-state index in [0.29, 0.717) is 18.3 Å². The molecular weight excluding hydrogens is 286 g/mol. The van der Waals surface area contributed by atoms with E-state index >= 15 is 0 Å². The van der Waals surface area contributed by atoms with Gasteiger partial charge in [-0.15, -0.1) is 0 Å². The summed E-state index contributed by atoms with van der Waals surface area (Å²) in [7, 11) is 1.87. The van der Waals surface area contributed by atoms with E-state index in [4.69, 9.17) is 5.26 Å². The number of nitro groups is 1. The molecule has 0 unspecified atom stereocenters. The highest BCUT2D eigenvalue weighted by atomic mass is 79.9. The molecule has 0 bridgehead atoms. The van der Waals surface area contributed by atoms with Crippen molar-refractivity contribution in [3.8, 4) is 6.07 Å². The Morgan fingerprint density at radius 3 is 2.82 bits per heavy atom. The molecule has 0 aromatic heterocycles. The number of alkyl halides is 1. The van der Waals surface area contributed by atoms with Gasteiger partial charge in [-0.2, -0.15) is 5.26 Å². The van der Waals surface area contributed by atoms with E-state index in [-0.39, 0.29) is 5.69 Å². The minimum atomic E-state index is -0.411. The summed E-state index contributed by atoms with van der Waals surface area (Å²) in [6.07, 6.45) is 0.426. The van der Waals surface area contributed by atoms with Crippen LogP contribution in [0.5, 0.6) is 0 Å². The molecule has 1 aromatic carbocycles. The van der Waals surface area contributed by atoms with E-state index < -0.39 is 4.92 Å². The van der Waals surface area contributed by atoms with Crippen LogP contribution in [0.1, 0.15) is 12.0 Å². The molecule has 0 saturated carbocycles. The lowest BCUT2D eigenvalue weighted by Crippen LogP contribution is -2.19. The summed E-state index contributed by atoms with van der Waals surface area (Å²) in [5.41, 5.74) is 1.83. The van der Waals surface area contributed by atoms with Crippen molar-refractivity contribution in [1.29, 1.82) is 5.26 Å². The van der Waals surface area contributed by atoms with Gasteiger partial charge in [-0.1, -0.05) is 15.9 Å². The van der Waals surface area contributed by atoms with Crippen molar-refractivity contribution in [2.24, 2.45) is 0 Å². The van der Waals surface area contributed by atoms with E-state index in [0.717, 1.165) is 11.3 Å². The molecule has 6 heteroatoms. The van der Waals surface area contributed by atoms with Gasteiger partial charge in [0.25, 0.3) is 5.69 Å². The Hall–Kier alpha value is -1.61. The molecule has 0 aliphatic rings. The first-order valence-corrected chi connectivity index (χ1v) is 6.13. The number of nitrogens with zero attached hydrogens (tertiary/aromatic N) is 3. The van der Waals surface area contributed by atoms with Crippen molar-refractivity contribution in [2.75, 3.05) is 18.5 Å². The Kier molecular flexibility index (Phi) is 4.91. The average Bonchev–Trinajstić information content (AvgIpc) is 2.34. The van der Waals surface area contributed by atoms with E-state index in [1.54, 1.807) is 12.1 Å². The summed E-state index contributed by atoms with van der Waals surface area (Å²) in [6, 6.07) is 6.81. The zero-order valence-corrected chi connectivity index (χ0v) is 11.0. The maximum atomic E-state index is 10.7. The van der Waals surface area contributed by atoms with Gasteiger partial charge in [0.2, 0.25) is 0 Å². The van der Waals surface area contributed by atoms with Crippen molar-refractivity contribution < 1.29 is 4.92 Å². The van der Waals surface area contributed by atoms with Crippen molar-refractivity contribution in [3.63, 3.8) is 0 Å². The Morgan fingerprint density at radius 2 is 2.29 bits per heavy atom. The fraction of sp³-hybridized carbons (Fsp3) is 0.364. The normalized spacial score (nSPS) is 9.71. The average molecular weight is 298 g/mol. The standard InChI is InChI=1S/C11H12BrN3O2/c1-14(6-2-5-13)11-4-3-10(15(16)17)7-9(11)8-12/h3-4,7H,2,6,8H2,1H3. The first-order chi connectivity index (χ1) is 8.10. The van der Waals surface area contributed by atoms with Gasteiger partial charge >= 0.3 is 0 Å².